The number of benzene rings is 2. The fraction of sp³-hybridized carbons (Fsp3) is 0.344. The molecule has 11 nitrogen and oxygen atoms in total. The van der Waals surface area contributed by atoms with E-state index < -0.39 is 11.6 Å². The van der Waals surface area contributed by atoms with Crippen molar-refractivity contribution in [2.75, 3.05) is 37.9 Å². The largest absolute Gasteiger partial charge is 0.497 e. The number of ether oxygens (including phenoxy) is 2. The standard InChI is InChI=1S/C32H39N7O4/c1-32(2,3)39-31(41)38-29-26(22-16-24(42-4)19-25(17-22)43-5)18-23-20-35-30(37-28(23)36-29)34-14-10-9-13-33-27(40)15-21-11-7-6-8-12-21/h6-8,11-12,16-20H,9-10,13-15H2,1-5H3,(H,33,40)(H3,34,35,36,37,38,39,41). The Bertz CT molecular complexity index is 1530. The molecule has 0 aliphatic carbocycles. The molecule has 2 aromatic carbocycles. The first-order chi connectivity index (χ1) is 20.6. The number of nitrogens with zero attached hydrogens (tertiary/aromatic N) is 3. The van der Waals surface area contributed by atoms with Gasteiger partial charge < -0.3 is 25.4 Å². The number of fused-ring (bicyclic) bond motifs is 1. The molecule has 0 radical (unpaired) electrons. The number of urea groups is 1. The topological polar surface area (TPSA) is 139 Å². The van der Waals surface area contributed by atoms with Crippen molar-refractivity contribution in [1.29, 1.82) is 0 Å². The summed E-state index contributed by atoms with van der Waals surface area (Å²) in [4.78, 5) is 38.7. The van der Waals surface area contributed by atoms with Crippen LogP contribution in [-0.2, 0) is 11.2 Å². The number of hydrogen-bond acceptors (Lipinski definition) is 8. The molecule has 0 unspecified atom stereocenters. The Kier molecular flexibility index (Phi) is 10.3. The van der Waals surface area contributed by atoms with Gasteiger partial charge in [0.25, 0.3) is 0 Å². The lowest BCUT2D eigenvalue weighted by Gasteiger charge is -2.21. The number of anilines is 2. The molecule has 0 spiro atoms. The monoisotopic (exact) mass is 585 g/mol. The molecule has 43 heavy (non-hydrogen) atoms. The van der Waals surface area contributed by atoms with Crippen molar-refractivity contribution in [3.05, 3.63) is 66.4 Å². The van der Waals surface area contributed by atoms with Crippen LogP contribution < -0.4 is 30.7 Å². The van der Waals surface area contributed by atoms with Crippen LogP contribution in [-0.4, -0.2) is 59.7 Å². The predicted octanol–water partition coefficient (Wildman–Crippen LogP) is 5.18. The van der Waals surface area contributed by atoms with Gasteiger partial charge in [-0.15, -0.1) is 0 Å². The fourth-order valence-corrected chi connectivity index (χ4v) is 4.33. The molecule has 0 aliphatic rings. The number of rotatable bonds is 12. The molecule has 4 aromatic rings. The maximum absolute atomic E-state index is 12.8. The molecule has 0 saturated heterocycles. The summed E-state index contributed by atoms with van der Waals surface area (Å²) in [6.45, 7) is 6.92. The van der Waals surface area contributed by atoms with Crippen molar-refractivity contribution in [3.63, 3.8) is 0 Å². The van der Waals surface area contributed by atoms with Crippen LogP contribution >= 0.6 is 0 Å². The summed E-state index contributed by atoms with van der Waals surface area (Å²) in [5.41, 5.74) is 2.38. The highest BCUT2D eigenvalue weighted by Gasteiger charge is 2.18. The number of hydrogen-bond donors (Lipinski definition) is 4. The highest BCUT2D eigenvalue weighted by atomic mass is 16.5. The van der Waals surface area contributed by atoms with Gasteiger partial charge in [-0.05, 0) is 62.9 Å². The Balaban J connectivity index is 1.45. The van der Waals surface area contributed by atoms with Crippen molar-refractivity contribution in [1.82, 2.24) is 25.6 Å². The smallest absolute Gasteiger partial charge is 0.320 e. The number of nitrogens with one attached hydrogen (secondary N) is 4. The summed E-state index contributed by atoms with van der Waals surface area (Å²) in [5.74, 6) is 1.97. The van der Waals surface area contributed by atoms with E-state index in [2.05, 4.69) is 31.2 Å². The minimum absolute atomic E-state index is 0.00968. The van der Waals surface area contributed by atoms with E-state index in [-0.39, 0.29) is 5.91 Å². The van der Waals surface area contributed by atoms with Gasteiger partial charge in [-0.2, -0.15) is 4.98 Å². The number of aromatic nitrogens is 3. The lowest BCUT2D eigenvalue weighted by molar-refractivity contribution is -0.120. The third-order valence-corrected chi connectivity index (χ3v) is 6.37. The number of unbranched alkanes of at least 4 members (excludes halogenated alkanes) is 1. The van der Waals surface area contributed by atoms with E-state index in [0.29, 0.717) is 59.4 Å². The van der Waals surface area contributed by atoms with E-state index in [1.807, 2.05) is 69.3 Å². The van der Waals surface area contributed by atoms with Crippen LogP contribution in [0.1, 0.15) is 39.2 Å². The van der Waals surface area contributed by atoms with Crippen LogP contribution in [0.4, 0.5) is 16.6 Å². The van der Waals surface area contributed by atoms with E-state index in [9.17, 15) is 9.59 Å². The number of methoxy groups -OCH3 is 2. The summed E-state index contributed by atoms with van der Waals surface area (Å²) < 4.78 is 10.9. The summed E-state index contributed by atoms with van der Waals surface area (Å²) in [6, 6.07) is 16.6. The zero-order chi connectivity index (χ0) is 30.8. The first-order valence-corrected chi connectivity index (χ1v) is 14.2. The molecule has 2 heterocycles. The molecule has 4 rings (SSSR count). The number of amides is 3. The number of carbonyl (C=O) groups is 2. The minimum atomic E-state index is -0.440. The molecular formula is C32H39N7O4. The quantitative estimate of drug-likeness (QED) is 0.167. The van der Waals surface area contributed by atoms with Crippen molar-refractivity contribution < 1.29 is 19.1 Å². The molecule has 226 valence electrons. The first kappa shape index (κ1) is 31.0. The normalized spacial score (nSPS) is 11.1. The van der Waals surface area contributed by atoms with Crippen molar-refractivity contribution in [2.24, 2.45) is 0 Å². The molecule has 0 atom stereocenters. The van der Waals surface area contributed by atoms with Crippen LogP contribution in [0.25, 0.3) is 22.2 Å². The predicted molar refractivity (Wildman–Crippen MR) is 169 cm³/mol. The molecule has 3 amide bonds. The van der Waals surface area contributed by atoms with Crippen molar-refractivity contribution in [3.8, 4) is 22.6 Å². The summed E-state index contributed by atoms with van der Waals surface area (Å²) in [5, 5.41) is 12.7. The molecular weight excluding hydrogens is 546 g/mol. The SMILES string of the molecule is COc1cc(OC)cc(-c2cc3cnc(NCCCCNC(=O)Cc4ccccc4)nc3nc2NC(=O)NC(C)(C)C)c1. The molecule has 0 saturated carbocycles. The second kappa shape index (κ2) is 14.3. The van der Waals surface area contributed by atoms with Crippen LogP contribution in [0.5, 0.6) is 11.5 Å². The van der Waals surface area contributed by atoms with Crippen LogP contribution in [0, 0.1) is 0 Å². The van der Waals surface area contributed by atoms with Gasteiger partial charge in [-0.3, -0.25) is 10.1 Å². The molecule has 0 aliphatic heterocycles. The Morgan fingerprint density at radius 2 is 1.58 bits per heavy atom. The van der Waals surface area contributed by atoms with Crippen LogP contribution in [0.2, 0.25) is 0 Å². The Hall–Kier alpha value is -4.93. The maximum Gasteiger partial charge on any atom is 0.320 e. The third-order valence-electron chi connectivity index (χ3n) is 6.37. The van der Waals surface area contributed by atoms with Gasteiger partial charge in [0.1, 0.15) is 17.3 Å². The Morgan fingerprint density at radius 1 is 0.884 bits per heavy atom. The summed E-state index contributed by atoms with van der Waals surface area (Å²) >= 11 is 0. The number of pyridine rings is 1. The van der Waals surface area contributed by atoms with E-state index >= 15 is 0 Å². The Labute approximate surface area is 251 Å². The van der Waals surface area contributed by atoms with Gasteiger partial charge in [0.15, 0.2) is 5.65 Å². The molecule has 4 N–H and O–H groups in total. The third kappa shape index (κ3) is 9.29. The van der Waals surface area contributed by atoms with Gasteiger partial charge in [-0.25, -0.2) is 14.8 Å². The van der Waals surface area contributed by atoms with E-state index in [4.69, 9.17) is 14.5 Å². The zero-order valence-electron chi connectivity index (χ0n) is 25.3. The highest BCUT2D eigenvalue weighted by Crippen LogP contribution is 2.35. The number of carbonyl (C=O) groups excluding carboxylic acids is 2. The molecule has 0 fully saturated rings. The lowest BCUT2D eigenvalue weighted by Crippen LogP contribution is -2.43. The fourth-order valence-electron chi connectivity index (χ4n) is 4.33. The van der Waals surface area contributed by atoms with Crippen LogP contribution in [0.15, 0.2) is 60.8 Å². The Morgan fingerprint density at radius 3 is 2.26 bits per heavy atom. The molecule has 0 bridgehead atoms. The average Bonchev–Trinajstić information content (AvgIpc) is 2.97. The van der Waals surface area contributed by atoms with Crippen molar-refractivity contribution in [2.45, 2.75) is 45.6 Å². The van der Waals surface area contributed by atoms with E-state index in [0.717, 1.165) is 24.0 Å². The minimum Gasteiger partial charge on any atom is -0.497 e. The van der Waals surface area contributed by atoms with E-state index in [1.165, 1.54) is 0 Å². The lowest BCUT2D eigenvalue weighted by atomic mass is 10.0. The average molecular weight is 586 g/mol. The van der Waals surface area contributed by atoms with Gasteiger partial charge >= 0.3 is 6.03 Å². The second-order valence-electron chi connectivity index (χ2n) is 11.1. The van der Waals surface area contributed by atoms with Gasteiger partial charge in [0.05, 0.1) is 20.6 Å². The maximum atomic E-state index is 12.8. The van der Waals surface area contributed by atoms with Crippen LogP contribution in [0.3, 0.4) is 0 Å². The second-order valence-corrected chi connectivity index (χ2v) is 11.1. The van der Waals surface area contributed by atoms with Gasteiger partial charge in [-0.1, -0.05) is 30.3 Å². The molecule has 2 aromatic heterocycles. The van der Waals surface area contributed by atoms with Crippen molar-refractivity contribution >= 4 is 34.7 Å². The highest BCUT2D eigenvalue weighted by molar-refractivity contribution is 5.96. The first-order valence-electron chi connectivity index (χ1n) is 14.2. The van der Waals surface area contributed by atoms with Gasteiger partial charge in [0.2, 0.25) is 11.9 Å². The summed E-state index contributed by atoms with van der Waals surface area (Å²) in [7, 11) is 3.16. The van der Waals surface area contributed by atoms with Gasteiger partial charge in [0, 0.05) is 41.8 Å². The summed E-state index contributed by atoms with van der Waals surface area (Å²) in [6.07, 6.45) is 3.70. The molecule has 11 heteroatoms. The zero-order valence-corrected chi connectivity index (χ0v) is 25.3. The van der Waals surface area contributed by atoms with E-state index in [1.54, 1.807) is 26.5 Å².